The SMILES string of the molecule is CC(O)(C(=O)O)c1ccccc1OC(=O)/C=C/c1ccc(O)c(O)c1. The van der Waals surface area contributed by atoms with Crippen LogP contribution in [0.5, 0.6) is 17.2 Å². The summed E-state index contributed by atoms with van der Waals surface area (Å²) in [6.45, 7) is 1.08. The van der Waals surface area contributed by atoms with Crippen LogP contribution in [-0.2, 0) is 15.2 Å². The van der Waals surface area contributed by atoms with Crippen LogP contribution < -0.4 is 4.74 Å². The lowest BCUT2D eigenvalue weighted by Gasteiger charge is -2.20. The molecule has 1 atom stereocenters. The molecule has 0 aliphatic carbocycles. The number of hydrogen-bond acceptors (Lipinski definition) is 6. The van der Waals surface area contributed by atoms with Gasteiger partial charge in [0, 0.05) is 11.6 Å². The summed E-state index contributed by atoms with van der Waals surface area (Å²) in [6, 6.07) is 9.75. The summed E-state index contributed by atoms with van der Waals surface area (Å²) in [4.78, 5) is 23.1. The molecule has 1 unspecified atom stereocenters. The molecule has 4 N–H and O–H groups in total. The van der Waals surface area contributed by atoms with Gasteiger partial charge in [-0.15, -0.1) is 0 Å². The van der Waals surface area contributed by atoms with Gasteiger partial charge in [0.1, 0.15) is 5.75 Å². The maximum atomic E-state index is 11.9. The Morgan fingerprint density at radius 3 is 2.40 bits per heavy atom. The third-order valence-electron chi connectivity index (χ3n) is 3.45. The number of carbonyl (C=O) groups excluding carboxylic acids is 1. The second-order valence-electron chi connectivity index (χ2n) is 5.38. The molecule has 25 heavy (non-hydrogen) atoms. The van der Waals surface area contributed by atoms with Crippen molar-refractivity contribution in [1.29, 1.82) is 0 Å². The molecule has 0 bridgehead atoms. The molecular formula is C18H16O7. The number of para-hydroxylation sites is 1. The normalized spacial score (nSPS) is 13.4. The maximum Gasteiger partial charge on any atom is 0.340 e. The molecule has 2 rings (SSSR count). The van der Waals surface area contributed by atoms with E-state index in [1.54, 1.807) is 0 Å². The predicted molar refractivity (Wildman–Crippen MR) is 88.1 cm³/mol. The third kappa shape index (κ3) is 4.15. The predicted octanol–water partition coefficient (Wildman–Crippen LogP) is 2.01. The van der Waals surface area contributed by atoms with Gasteiger partial charge in [0.25, 0.3) is 0 Å². The van der Waals surface area contributed by atoms with Crippen molar-refractivity contribution in [3.63, 3.8) is 0 Å². The number of carboxylic acids is 1. The van der Waals surface area contributed by atoms with Gasteiger partial charge in [-0.3, -0.25) is 0 Å². The molecule has 2 aromatic carbocycles. The van der Waals surface area contributed by atoms with Gasteiger partial charge in [-0.1, -0.05) is 24.3 Å². The molecule has 0 heterocycles. The number of benzene rings is 2. The maximum absolute atomic E-state index is 11.9. The summed E-state index contributed by atoms with van der Waals surface area (Å²) in [5, 5.41) is 37.8. The molecule has 0 radical (unpaired) electrons. The summed E-state index contributed by atoms with van der Waals surface area (Å²) >= 11 is 0. The average Bonchev–Trinajstić information content (AvgIpc) is 2.56. The summed E-state index contributed by atoms with van der Waals surface area (Å²) < 4.78 is 5.10. The number of carboxylic acid groups (broad SMARTS) is 1. The zero-order chi connectivity index (χ0) is 18.6. The van der Waals surface area contributed by atoms with Gasteiger partial charge in [0.2, 0.25) is 0 Å². The Morgan fingerprint density at radius 1 is 1.08 bits per heavy atom. The number of hydrogen-bond donors (Lipinski definition) is 4. The third-order valence-corrected chi connectivity index (χ3v) is 3.45. The Morgan fingerprint density at radius 2 is 1.76 bits per heavy atom. The van der Waals surface area contributed by atoms with Crippen LogP contribution in [0, 0.1) is 0 Å². The van der Waals surface area contributed by atoms with Crippen molar-refractivity contribution in [2.24, 2.45) is 0 Å². The Bertz CT molecular complexity index is 837. The number of phenols is 2. The quantitative estimate of drug-likeness (QED) is 0.283. The first-order valence-electron chi connectivity index (χ1n) is 7.19. The van der Waals surface area contributed by atoms with Crippen LogP contribution in [0.4, 0.5) is 0 Å². The molecule has 0 aromatic heterocycles. The lowest BCUT2D eigenvalue weighted by atomic mass is 9.95. The molecule has 0 aliphatic heterocycles. The minimum absolute atomic E-state index is 0.0634. The van der Waals surface area contributed by atoms with E-state index in [0.717, 1.165) is 13.0 Å². The van der Waals surface area contributed by atoms with Crippen molar-refractivity contribution in [3.8, 4) is 17.2 Å². The van der Waals surface area contributed by atoms with Gasteiger partial charge in [-0.25, -0.2) is 9.59 Å². The number of carbonyl (C=O) groups is 2. The summed E-state index contributed by atoms with van der Waals surface area (Å²) in [7, 11) is 0. The van der Waals surface area contributed by atoms with E-state index in [1.807, 2.05) is 0 Å². The lowest BCUT2D eigenvalue weighted by molar-refractivity contribution is -0.158. The number of phenolic OH excluding ortho intramolecular Hbond substituents is 2. The molecule has 0 saturated heterocycles. The average molecular weight is 344 g/mol. The Kier molecular flexibility index (Phi) is 5.09. The first-order valence-corrected chi connectivity index (χ1v) is 7.19. The van der Waals surface area contributed by atoms with Gasteiger partial charge in [0.15, 0.2) is 17.1 Å². The Labute approximate surface area is 143 Å². The van der Waals surface area contributed by atoms with Crippen LogP contribution in [0.25, 0.3) is 6.08 Å². The number of ether oxygens (including phenoxy) is 1. The minimum Gasteiger partial charge on any atom is -0.504 e. The molecule has 2 aromatic rings. The van der Waals surface area contributed by atoms with Crippen molar-refractivity contribution >= 4 is 18.0 Å². The highest BCUT2D eigenvalue weighted by Crippen LogP contribution is 2.30. The number of rotatable bonds is 5. The first-order chi connectivity index (χ1) is 11.7. The number of esters is 1. The van der Waals surface area contributed by atoms with E-state index in [9.17, 15) is 24.9 Å². The van der Waals surface area contributed by atoms with E-state index >= 15 is 0 Å². The van der Waals surface area contributed by atoms with Crippen LogP contribution in [0.15, 0.2) is 48.5 Å². The van der Waals surface area contributed by atoms with Gasteiger partial charge in [-0.2, -0.15) is 0 Å². The molecular weight excluding hydrogens is 328 g/mol. The summed E-state index contributed by atoms with van der Waals surface area (Å²) in [5.74, 6) is -2.99. The fourth-order valence-corrected chi connectivity index (χ4v) is 2.02. The molecule has 0 amide bonds. The highest BCUT2D eigenvalue weighted by Gasteiger charge is 2.35. The van der Waals surface area contributed by atoms with Crippen LogP contribution >= 0.6 is 0 Å². The fraction of sp³-hybridized carbons (Fsp3) is 0.111. The van der Waals surface area contributed by atoms with E-state index in [1.165, 1.54) is 48.5 Å². The van der Waals surface area contributed by atoms with Gasteiger partial charge < -0.3 is 25.2 Å². The second kappa shape index (κ2) is 7.06. The molecule has 0 aliphatic rings. The van der Waals surface area contributed by atoms with Crippen molar-refractivity contribution in [2.75, 3.05) is 0 Å². The summed E-state index contributed by atoms with van der Waals surface area (Å²) in [5.41, 5.74) is -1.84. The van der Waals surface area contributed by atoms with Gasteiger partial charge in [0.05, 0.1) is 0 Å². The van der Waals surface area contributed by atoms with Crippen molar-refractivity contribution in [1.82, 2.24) is 0 Å². The van der Waals surface area contributed by atoms with Crippen molar-refractivity contribution < 1.29 is 34.8 Å². The zero-order valence-corrected chi connectivity index (χ0v) is 13.2. The van der Waals surface area contributed by atoms with E-state index in [4.69, 9.17) is 9.84 Å². The zero-order valence-electron chi connectivity index (χ0n) is 13.2. The molecule has 0 fully saturated rings. The van der Waals surface area contributed by atoms with E-state index in [2.05, 4.69) is 0 Å². The minimum atomic E-state index is -2.22. The summed E-state index contributed by atoms with van der Waals surface area (Å²) in [6.07, 6.45) is 2.41. The number of aliphatic hydroxyl groups is 1. The largest absolute Gasteiger partial charge is 0.504 e. The van der Waals surface area contributed by atoms with E-state index in [-0.39, 0.29) is 22.8 Å². The van der Waals surface area contributed by atoms with Crippen LogP contribution in [0.1, 0.15) is 18.1 Å². The van der Waals surface area contributed by atoms with E-state index in [0.29, 0.717) is 5.56 Å². The van der Waals surface area contributed by atoms with E-state index < -0.39 is 17.5 Å². The monoisotopic (exact) mass is 344 g/mol. The molecule has 7 heteroatoms. The van der Waals surface area contributed by atoms with Crippen molar-refractivity contribution in [3.05, 3.63) is 59.7 Å². The number of aliphatic carboxylic acids is 1. The van der Waals surface area contributed by atoms with Crippen LogP contribution in [0.2, 0.25) is 0 Å². The smallest absolute Gasteiger partial charge is 0.340 e. The van der Waals surface area contributed by atoms with Gasteiger partial charge in [-0.05, 0) is 36.8 Å². The second-order valence-corrected chi connectivity index (χ2v) is 5.38. The topological polar surface area (TPSA) is 124 Å². The van der Waals surface area contributed by atoms with Crippen LogP contribution in [-0.4, -0.2) is 32.4 Å². The lowest BCUT2D eigenvalue weighted by Crippen LogP contribution is -2.32. The molecule has 130 valence electrons. The van der Waals surface area contributed by atoms with Gasteiger partial charge >= 0.3 is 11.9 Å². The Balaban J connectivity index is 2.20. The molecule has 0 saturated carbocycles. The molecule has 7 nitrogen and oxygen atoms in total. The Hall–Kier alpha value is -3.32. The van der Waals surface area contributed by atoms with Crippen molar-refractivity contribution in [2.45, 2.75) is 12.5 Å². The fourth-order valence-electron chi connectivity index (χ4n) is 2.02. The standard InChI is InChI=1S/C18H16O7/c1-18(24,17(22)23)12-4-2-3-5-15(12)25-16(21)9-7-11-6-8-13(19)14(20)10-11/h2-10,19-20,24H,1H3,(H,22,23)/b9-7+. The highest BCUT2D eigenvalue weighted by molar-refractivity contribution is 5.89. The van der Waals surface area contributed by atoms with Crippen LogP contribution in [0.3, 0.4) is 0 Å². The first kappa shape index (κ1) is 18.0. The number of aromatic hydroxyl groups is 2. The highest BCUT2D eigenvalue weighted by atomic mass is 16.5. The molecule has 0 spiro atoms.